The van der Waals surface area contributed by atoms with Crippen molar-refractivity contribution in [3.05, 3.63) is 48.5 Å². The van der Waals surface area contributed by atoms with E-state index in [1.807, 2.05) is 48.5 Å². The largest absolute Gasteiger partial charge is 0.399 e. The van der Waals surface area contributed by atoms with Gasteiger partial charge in [-0.25, -0.2) is 0 Å². The molecule has 0 saturated carbocycles. The average molecular weight is 215 g/mol. The summed E-state index contributed by atoms with van der Waals surface area (Å²) in [6.45, 7) is 0. The zero-order chi connectivity index (χ0) is 10.7. The van der Waals surface area contributed by atoms with Gasteiger partial charge in [-0.05, 0) is 30.3 Å². The SMILES string of the molecule is C.Nc1cccc(Nc2ccccc2N)c1. The van der Waals surface area contributed by atoms with Gasteiger partial charge >= 0.3 is 0 Å². The molecule has 0 spiro atoms. The Balaban J connectivity index is 0.00000128. The summed E-state index contributed by atoms with van der Waals surface area (Å²) in [5.74, 6) is 0. The molecule has 2 aromatic carbocycles. The van der Waals surface area contributed by atoms with Crippen molar-refractivity contribution in [2.24, 2.45) is 0 Å². The maximum absolute atomic E-state index is 5.81. The molecular formula is C13H17N3. The van der Waals surface area contributed by atoms with Crippen LogP contribution in [0.15, 0.2) is 48.5 Å². The summed E-state index contributed by atoms with van der Waals surface area (Å²) in [5.41, 5.74) is 14.8. The highest BCUT2D eigenvalue weighted by Gasteiger charge is 1.97. The van der Waals surface area contributed by atoms with Crippen molar-refractivity contribution in [2.45, 2.75) is 7.43 Å². The third-order valence-electron chi connectivity index (χ3n) is 2.13. The van der Waals surface area contributed by atoms with Crippen LogP contribution in [0.3, 0.4) is 0 Å². The van der Waals surface area contributed by atoms with Gasteiger partial charge in [0.05, 0.1) is 11.4 Å². The molecule has 0 fully saturated rings. The second-order valence-electron chi connectivity index (χ2n) is 3.34. The first kappa shape index (κ1) is 11.9. The van der Waals surface area contributed by atoms with Crippen molar-refractivity contribution >= 4 is 22.7 Å². The Morgan fingerprint density at radius 3 is 2.31 bits per heavy atom. The van der Waals surface area contributed by atoms with Crippen LogP contribution in [0.25, 0.3) is 0 Å². The zero-order valence-corrected chi connectivity index (χ0v) is 8.27. The summed E-state index contributed by atoms with van der Waals surface area (Å²) in [4.78, 5) is 0. The van der Waals surface area contributed by atoms with Gasteiger partial charge < -0.3 is 16.8 Å². The number of anilines is 4. The third kappa shape index (κ3) is 2.67. The molecule has 5 N–H and O–H groups in total. The monoisotopic (exact) mass is 215 g/mol. The van der Waals surface area contributed by atoms with E-state index >= 15 is 0 Å². The van der Waals surface area contributed by atoms with E-state index in [2.05, 4.69) is 5.32 Å². The van der Waals surface area contributed by atoms with Crippen LogP contribution in [0.5, 0.6) is 0 Å². The highest BCUT2D eigenvalue weighted by Crippen LogP contribution is 2.23. The Bertz CT molecular complexity index is 466. The molecule has 3 heteroatoms. The van der Waals surface area contributed by atoms with E-state index in [9.17, 15) is 0 Å². The normalized spacial score (nSPS) is 9.25. The van der Waals surface area contributed by atoms with E-state index in [0.29, 0.717) is 0 Å². The molecule has 0 amide bonds. The Morgan fingerprint density at radius 2 is 1.62 bits per heavy atom. The zero-order valence-electron chi connectivity index (χ0n) is 8.27. The van der Waals surface area contributed by atoms with Gasteiger partial charge in [0.2, 0.25) is 0 Å². The first-order chi connectivity index (χ1) is 7.25. The molecule has 2 aromatic rings. The van der Waals surface area contributed by atoms with Crippen LogP contribution in [0.4, 0.5) is 22.7 Å². The summed E-state index contributed by atoms with van der Waals surface area (Å²) < 4.78 is 0. The lowest BCUT2D eigenvalue weighted by atomic mass is 10.2. The molecule has 84 valence electrons. The van der Waals surface area contributed by atoms with Crippen molar-refractivity contribution < 1.29 is 0 Å². The molecule has 0 saturated heterocycles. The molecule has 3 nitrogen and oxygen atoms in total. The number of hydrogen-bond acceptors (Lipinski definition) is 3. The number of nitrogens with two attached hydrogens (primary N) is 2. The summed E-state index contributed by atoms with van der Waals surface area (Å²) in [5, 5.41) is 3.21. The maximum Gasteiger partial charge on any atom is 0.0617 e. The smallest absolute Gasteiger partial charge is 0.0617 e. The third-order valence-corrected chi connectivity index (χ3v) is 2.13. The van der Waals surface area contributed by atoms with Crippen LogP contribution in [-0.2, 0) is 0 Å². The molecular weight excluding hydrogens is 198 g/mol. The molecule has 0 aromatic heterocycles. The Morgan fingerprint density at radius 1 is 0.875 bits per heavy atom. The van der Waals surface area contributed by atoms with Crippen LogP contribution in [-0.4, -0.2) is 0 Å². The number of nitrogen functional groups attached to an aromatic ring is 2. The van der Waals surface area contributed by atoms with Crippen molar-refractivity contribution in [1.82, 2.24) is 0 Å². The van der Waals surface area contributed by atoms with E-state index in [0.717, 1.165) is 22.7 Å². The van der Waals surface area contributed by atoms with E-state index in [1.54, 1.807) is 0 Å². The van der Waals surface area contributed by atoms with Crippen molar-refractivity contribution in [3.8, 4) is 0 Å². The topological polar surface area (TPSA) is 64.1 Å². The van der Waals surface area contributed by atoms with Crippen molar-refractivity contribution in [3.63, 3.8) is 0 Å². The fourth-order valence-electron chi connectivity index (χ4n) is 1.38. The Hall–Kier alpha value is -2.16. The molecule has 0 radical (unpaired) electrons. The fraction of sp³-hybridized carbons (Fsp3) is 0.0769. The number of hydrogen-bond donors (Lipinski definition) is 3. The highest BCUT2D eigenvalue weighted by molar-refractivity contribution is 5.73. The van der Waals surface area contributed by atoms with Crippen LogP contribution in [0.2, 0.25) is 0 Å². The van der Waals surface area contributed by atoms with Crippen LogP contribution < -0.4 is 16.8 Å². The number of para-hydroxylation sites is 2. The van der Waals surface area contributed by atoms with Gasteiger partial charge in [0.1, 0.15) is 0 Å². The number of nitrogens with one attached hydrogen (secondary N) is 1. The fourth-order valence-corrected chi connectivity index (χ4v) is 1.38. The molecule has 0 aliphatic rings. The lowest BCUT2D eigenvalue weighted by molar-refractivity contribution is 1.54. The van der Waals surface area contributed by atoms with Gasteiger partial charge in [0.15, 0.2) is 0 Å². The van der Waals surface area contributed by atoms with Gasteiger partial charge in [0, 0.05) is 11.4 Å². The first-order valence-corrected chi connectivity index (χ1v) is 4.73. The molecule has 0 unspecified atom stereocenters. The lowest BCUT2D eigenvalue weighted by Crippen LogP contribution is -1.96. The lowest BCUT2D eigenvalue weighted by Gasteiger charge is -2.09. The van der Waals surface area contributed by atoms with Gasteiger partial charge in [0.25, 0.3) is 0 Å². The Kier molecular flexibility index (Phi) is 3.78. The quantitative estimate of drug-likeness (QED) is 0.674. The van der Waals surface area contributed by atoms with Crippen molar-refractivity contribution in [1.29, 1.82) is 0 Å². The van der Waals surface area contributed by atoms with E-state index in [1.165, 1.54) is 0 Å². The average Bonchev–Trinajstić information content (AvgIpc) is 2.22. The number of rotatable bonds is 2. The Labute approximate surface area is 96.1 Å². The van der Waals surface area contributed by atoms with Gasteiger partial charge in [-0.15, -0.1) is 0 Å². The molecule has 0 heterocycles. The van der Waals surface area contributed by atoms with Crippen LogP contribution in [0.1, 0.15) is 7.43 Å². The molecule has 0 atom stereocenters. The predicted octanol–water partition coefficient (Wildman–Crippen LogP) is 3.23. The predicted molar refractivity (Wildman–Crippen MR) is 71.7 cm³/mol. The summed E-state index contributed by atoms with van der Waals surface area (Å²) >= 11 is 0. The number of benzene rings is 2. The molecule has 0 aliphatic heterocycles. The van der Waals surface area contributed by atoms with Gasteiger partial charge in [-0.2, -0.15) is 0 Å². The van der Waals surface area contributed by atoms with Crippen LogP contribution in [0, 0.1) is 0 Å². The van der Waals surface area contributed by atoms with Gasteiger partial charge in [-0.1, -0.05) is 25.6 Å². The van der Waals surface area contributed by atoms with Crippen LogP contribution >= 0.6 is 0 Å². The van der Waals surface area contributed by atoms with E-state index in [4.69, 9.17) is 11.5 Å². The molecule has 0 aliphatic carbocycles. The maximum atomic E-state index is 5.81. The minimum Gasteiger partial charge on any atom is -0.399 e. The summed E-state index contributed by atoms with van der Waals surface area (Å²) in [7, 11) is 0. The van der Waals surface area contributed by atoms with E-state index in [-0.39, 0.29) is 7.43 Å². The molecule has 0 bridgehead atoms. The van der Waals surface area contributed by atoms with Crippen molar-refractivity contribution in [2.75, 3.05) is 16.8 Å². The standard InChI is InChI=1S/C12H13N3.CH4/c13-9-4-3-5-10(8-9)15-12-7-2-1-6-11(12)14;/h1-8,15H,13-14H2;1H4. The molecule has 16 heavy (non-hydrogen) atoms. The first-order valence-electron chi connectivity index (χ1n) is 4.73. The second kappa shape index (κ2) is 5.07. The van der Waals surface area contributed by atoms with Gasteiger partial charge in [-0.3, -0.25) is 0 Å². The summed E-state index contributed by atoms with van der Waals surface area (Å²) in [6.07, 6.45) is 0. The molecule has 2 rings (SSSR count). The minimum atomic E-state index is 0. The summed E-state index contributed by atoms with van der Waals surface area (Å²) in [6, 6.07) is 15.2. The second-order valence-corrected chi connectivity index (χ2v) is 3.34. The minimum absolute atomic E-state index is 0. The van der Waals surface area contributed by atoms with E-state index < -0.39 is 0 Å². The highest BCUT2D eigenvalue weighted by atomic mass is 14.9.